The van der Waals surface area contributed by atoms with Crippen molar-refractivity contribution < 1.29 is 9.90 Å². The molecule has 134 valence electrons. The van der Waals surface area contributed by atoms with Crippen LogP contribution in [0.1, 0.15) is 25.7 Å². The van der Waals surface area contributed by atoms with E-state index in [0.717, 1.165) is 51.5 Å². The predicted molar refractivity (Wildman–Crippen MR) is 98.7 cm³/mol. The van der Waals surface area contributed by atoms with E-state index in [4.69, 9.17) is 0 Å². The molecule has 6 heteroatoms. The highest BCUT2D eigenvalue weighted by molar-refractivity contribution is 5.93. The van der Waals surface area contributed by atoms with Gasteiger partial charge in [-0.3, -0.25) is 4.79 Å². The van der Waals surface area contributed by atoms with Gasteiger partial charge in [-0.15, -0.1) is 12.4 Å². The summed E-state index contributed by atoms with van der Waals surface area (Å²) in [5.41, 5.74) is 0.508. The van der Waals surface area contributed by atoms with Crippen LogP contribution in [-0.4, -0.2) is 48.6 Å². The van der Waals surface area contributed by atoms with Crippen molar-refractivity contribution in [3.05, 3.63) is 24.3 Å². The van der Waals surface area contributed by atoms with E-state index in [-0.39, 0.29) is 30.0 Å². The van der Waals surface area contributed by atoms with Gasteiger partial charge in [0.1, 0.15) is 5.75 Å². The number of nitrogens with zero attached hydrogens (tertiary/aromatic N) is 1. The number of hydrogen-bond acceptors (Lipinski definition) is 4. The fourth-order valence-electron chi connectivity index (χ4n) is 3.64. The number of piperidine rings is 2. The highest BCUT2D eigenvalue weighted by atomic mass is 35.5. The largest absolute Gasteiger partial charge is 0.506 e. The maximum atomic E-state index is 12.4. The molecule has 2 aliphatic heterocycles. The molecule has 0 aliphatic carbocycles. The van der Waals surface area contributed by atoms with Gasteiger partial charge in [0.15, 0.2) is 0 Å². The van der Waals surface area contributed by atoms with Crippen LogP contribution in [0.3, 0.4) is 0 Å². The molecule has 3 N–H and O–H groups in total. The molecule has 0 radical (unpaired) electrons. The number of phenolic OH excluding ortho intramolecular Hbond substituents is 1. The van der Waals surface area contributed by atoms with Crippen LogP contribution in [0.4, 0.5) is 5.69 Å². The number of phenols is 1. The van der Waals surface area contributed by atoms with Crippen molar-refractivity contribution in [2.75, 3.05) is 38.0 Å². The van der Waals surface area contributed by atoms with Crippen LogP contribution >= 0.6 is 12.4 Å². The third-order valence-electron chi connectivity index (χ3n) is 5.04. The smallest absolute Gasteiger partial charge is 0.227 e. The number of likely N-dealkylation sites (tertiary alicyclic amines) is 1. The van der Waals surface area contributed by atoms with Crippen molar-refractivity contribution in [3.63, 3.8) is 0 Å². The highest BCUT2D eigenvalue weighted by Gasteiger charge is 2.27. The molecule has 0 bridgehead atoms. The first-order valence-corrected chi connectivity index (χ1v) is 8.74. The van der Waals surface area contributed by atoms with Crippen LogP contribution in [0.2, 0.25) is 0 Å². The second-order valence-corrected chi connectivity index (χ2v) is 6.79. The third-order valence-corrected chi connectivity index (χ3v) is 5.04. The van der Waals surface area contributed by atoms with Gasteiger partial charge in [0, 0.05) is 12.5 Å². The Balaban J connectivity index is 0.00000208. The number of carbonyl (C=O) groups is 1. The van der Waals surface area contributed by atoms with Gasteiger partial charge in [0.2, 0.25) is 5.91 Å². The molecule has 0 spiro atoms. The van der Waals surface area contributed by atoms with Gasteiger partial charge < -0.3 is 20.6 Å². The zero-order valence-electron chi connectivity index (χ0n) is 14.0. The first-order chi connectivity index (χ1) is 11.2. The van der Waals surface area contributed by atoms with Gasteiger partial charge in [-0.1, -0.05) is 12.1 Å². The second kappa shape index (κ2) is 9.25. The lowest BCUT2D eigenvalue weighted by molar-refractivity contribution is -0.121. The minimum absolute atomic E-state index is 0. The number of anilines is 1. The molecule has 2 heterocycles. The van der Waals surface area contributed by atoms with Crippen LogP contribution in [0.25, 0.3) is 0 Å². The lowest BCUT2D eigenvalue weighted by Gasteiger charge is -2.35. The molecule has 0 saturated carbocycles. The first-order valence-electron chi connectivity index (χ1n) is 8.74. The number of amides is 1. The molecule has 2 fully saturated rings. The summed E-state index contributed by atoms with van der Waals surface area (Å²) in [6, 6.07) is 6.90. The fourth-order valence-corrected chi connectivity index (χ4v) is 3.64. The first kappa shape index (κ1) is 19.0. The number of aromatic hydroxyl groups is 1. The minimum Gasteiger partial charge on any atom is -0.506 e. The summed E-state index contributed by atoms with van der Waals surface area (Å²) in [5, 5.41) is 16.1. The van der Waals surface area contributed by atoms with Gasteiger partial charge in [0.05, 0.1) is 5.69 Å². The van der Waals surface area contributed by atoms with E-state index in [9.17, 15) is 9.90 Å². The van der Waals surface area contributed by atoms with E-state index < -0.39 is 0 Å². The molecule has 5 nitrogen and oxygen atoms in total. The number of benzene rings is 1. The Hall–Kier alpha value is -1.30. The Morgan fingerprint density at radius 2 is 2.00 bits per heavy atom. The van der Waals surface area contributed by atoms with Gasteiger partial charge in [-0.25, -0.2) is 0 Å². The average molecular weight is 354 g/mol. The van der Waals surface area contributed by atoms with E-state index in [2.05, 4.69) is 15.5 Å². The van der Waals surface area contributed by atoms with Gasteiger partial charge >= 0.3 is 0 Å². The predicted octanol–water partition coefficient (Wildman–Crippen LogP) is 2.46. The Kier molecular flexibility index (Phi) is 7.34. The zero-order chi connectivity index (χ0) is 16.1. The van der Waals surface area contributed by atoms with Crippen LogP contribution in [-0.2, 0) is 4.79 Å². The summed E-state index contributed by atoms with van der Waals surface area (Å²) in [5.74, 6) is 0.972. The van der Waals surface area contributed by atoms with E-state index in [1.807, 2.05) is 6.07 Å². The molecule has 2 aliphatic rings. The van der Waals surface area contributed by atoms with Crippen molar-refractivity contribution in [1.82, 2.24) is 10.2 Å². The Morgan fingerprint density at radius 1 is 1.25 bits per heavy atom. The second-order valence-electron chi connectivity index (χ2n) is 6.79. The van der Waals surface area contributed by atoms with Gasteiger partial charge in [0.25, 0.3) is 0 Å². The Bertz CT molecular complexity index is 527. The molecule has 1 aromatic rings. The summed E-state index contributed by atoms with van der Waals surface area (Å²) in [4.78, 5) is 14.9. The number of halogens is 1. The van der Waals surface area contributed by atoms with E-state index >= 15 is 0 Å². The third kappa shape index (κ3) is 5.10. The topological polar surface area (TPSA) is 64.6 Å². The summed E-state index contributed by atoms with van der Waals surface area (Å²) in [6.45, 7) is 5.43. The van der Waals surface area contributed by atoms with Crippen molar-refractivity contribution in [2.24, 2.45) is 11.8 Å². The quantitative estimate of drug-likeness (QED) is 0.727. The van der Waals surface area contributed by atoms with Crippen LogP contribution < -0.4 is 10.6 Å². The molecule has 1 amide bonds. The maximum Gasteiger partial charge on any atom is 0.227 e. The normalized spacial score (nSPS) is 22.6. The van der Waals surface area contributed by atoms with E-state index in [1.54, 1.807) is 18.2 Å². The number of para-hydroxylation sites is 2. The molecular weight excluding hydrogens is 326 g/mol. The van der Waals surface area contributed by atoms with Crippen LogP contribution in [0, 0.1) is 11.8 Å². The molecule has 1 unspecified atom stereocenters. The molecule has 1 atom stereocenters. The molecule has 0 aromatic heterocycles. The zero-order valence-corrected chi connectivity index (χ0v) is 14.9. The van der Waals surface area contributed by atoms with Crippen molar-refractivity contribution in [2.45, 2.75) is 25.7 Å². The van der Waals surface area contributed by atoms with Crippen molar-refractivity contribution in [3.8, 4) is 5.75 Å². The minimum atomic E-state index is 0. The monoisotopic (exact) mass is 353 g/mol. The SMILES string of the molecule is Cl.O=C(Nc1ccccc1O)C1CCN(CC2CCCNC2)CC1. The average Bonchev–Trinajstić information content (AvgIpc) is 2.58. The molecule has 1 aromatic carbocycles. The van der Waals surface area contributed by atoms with Crippen molar-refractivity contribution in [1.29, 1.82) is 0 Å². The summed E-state index contributed by atoms with van der Waals surface area (Å²) in [7, 11) is 0. The number of carbonyl (C=O) groups excluding carboxylic acids is 1. The molecule has 2 saturated heterocycles. The number of rotatable bonds is 4. The lowest BCUT2D eigenvalue weighted by atomic mass is 9.93. The summed E-state index contributed by atoms with van der Waals surface area (Å²) < 4.78 is 0. The molecule has 24 heavy (non-hydrogen) atoms. The number of hydrogen-bond donors (Lipinski definition) is 3. The lowest BCUT2D eigenvalue weighted by Crippen LogP contribution is -2.43. The van der Waals surface area contributed by atoms with Crippen molar-refractivity contribution >= 4 is 24.0 Å². The Morgan fingerprint density at radius 3 is 2.67 bits per heavy atom. The van der Waals surface area contributed by atoms with E-state index in [1.165, 1.54) is 12.8 Å². The van der Waals surface area contributed by atoms with Gasteiger partial charge in [-0.05, 0) is 69.9 Å². The Labute approximate surface area is 150 Å². The van der Waals surface area contributed by atoms with Crippen LogP contribution in [0.15, 0.2) is 24.3 Å². The van der Waals surface area contributed by atoms with Gasteiger partial charge in [-0.2, -0.15) is 0 Å². The highest BCUT2D eigenvalue weighted by Crippen LogP contribution is 2.25. The molecule has 3 rings (SSSR count). The summed E-state index contributed by atoms with van der Waals surface area (Å²) >= 11 is 0. The standard InChI is InChI=1S/C18H27N3O2.ClH/c22-17-6-2-1-5-16(17)20-18(23)15-7-10-21(11-8-15)13-14-4-3-9-19-12-14;/h1-2,5-6,14-15,19,22H,3-4,7-13H2,(H,20,23);1H. The number of nitrogens with one attached hydrogen (secondary N) is 2. The maximum absolute atomic E-state index is 12.4. The van der Waals surface area contributed by atoms with Crippen LogP contribution in [0.5, 0.6) is 5.75 Å². The molecular formula is C18H28ClN3O2. The van der Waals surface area contributed by atoms with E-state index in [0.29, 0.717) is 5.69 Å². The fraction of sp³-hybridized carbons (Fsp3) is 0.611. The summed E-state index contributed by atoms with van der Waals surface area (Å²) in [6.07, 6.45) is 4.41.